The minimum absolute atomic E-state index is 0.0816. The molecular formula is C23H23FN2O2S. The van der Waals surface area contributed by atoms with E-state index in [-0.39, 0.29) is 24.4 Å². The average Bonchev–Trinajstić information content (AvgIpc) is 3.01. The molecule has 2 aromatic carbocycles. The first-order valence-corrected chi connectivity index (χ1v) is 10.3. The minimum atomic E-state index is -0.293. The van der Waals surface area contributed by atoms with Gasteiger partial charge in [-0.3, -0.25) is 9.69 Å². The summed E-state index contributed by atoms with van der Waals surface area (Å²) < 4.78 is 19.3. The molecule has 0 spiro atoms. The van der Waals surface area contributed by atoms with E-state index in [1.807, 2.05) is 30.3 Å². The lowest BCUT2D eigenvalue weighted by molar-refractivity contribution is -0.124. The average molecular weight is 411 g/mol. The number of hydrogen-bond donors (Lipinski definition) is 1. The van der Waals surface area contributed by atoms with Crippen molar-refractivity contribution in [2.75, 3.05) is 0 Å². The molecular weight excluding hydrogens is 387 g/mol. The molecule has 1 aliphatic heterocycles. The zero-order valence-electron chi connectivity index (χ0n) is 16.1. The van der Waals surface area contributed by atoms with Gasteiger partial charge < -0.3 is 10.1 Å². The van der Waals surface area contributed by atoms with Gasteiger partial charge in [0.15, 0.2) is 5.11 Å². The molecule has 1 saturated heterocycles. The standard InChI is InChI=1S/C23H23FN2O2S/c24-18-9-6-7-16(13-18)15-28-21-12-5-4-8-17(21)14-20-22(27)26(23(29)25-20)19-10-2-1-3-11-19/h4-9,12-14,19H,1-3,10-11,15H2,(H,25,29). The normalized spacial score (nSPS) is 18.9. The van der Waals surface area contributed by atoms with Crippen molar-refractivity contribution >= 4 is 29.3 Å². The van der Waals surface area contributed by atoms with Gasteiger partial charge in [0.1, 0.15) is 23.9 Å². The van der Waals surface area contributed by atoms with Crippen molar-refractivity contribution in [2.45, 2.75) is 44.8 Å². The summed E-state index contributed by atoms with van der Waals surface area (Å²) in [5.74, 6) is 0.251. The Morgan fingerprint density at radius 2 is 1.93 bits per heavy atom. The van der Waals surface area contributed by atoms with Gasteiger partial charge in [-0.1, -0.05) is 49.6 Å². The van der Waals surface area contributed by atoms with E-state index < -0.39 is 0 Å². The van der Waals surface area contributed by atoms with Crippen LogP contribution in [-0.2, 0) is 11.4 Å². The molecule has 2 fully saturated rings. The summed E-state index contributed by atoms with van der Waals surface area (Å²) in [6.07, 6.45) is 7.25. The first kappa shape index (κ1) is 19.6. The van der Waals surface area contributed by atoms with Crippen LogP contribution in [0.4, 0.5) is 4.39 Å². The van der Waals surface area contributed by atoms with Crippen LogP contribution in [0.25, 0.3) is 6.08 Å². The van der Waals surface area contributed by atoms with E-state index in [1.54, 1.807) is 17.0 Å². The summed E-state index contributed by atoms with van der Waals surface area (Å²) in [5, 5.41) is 3.55. The maximum absolute atomic E-state index is 13.4. The van der Waals surface area contributed by atoms with Crippen molar-refractivity contribution in [2.24, 2.45) is 0 Å². The summed E-state index contributed by atoms with van der Waals surface area (Å²) in [6.45, 7) is 0.242. The predicted molar refractivity (Wildman–Crippen MR) is 115 cm³/mol. The highest BCUT2D eigenvalue weighted by Gasteiger charge is 2.36. The second-order valence-corrected chi connectivity index (χ2v) is 7.80. The number of halogens is 1. The number of thiocarbonyl (C=S) groups is 1. The highest BCUT2D eigenvalue weighted by molar-refractivity contribution is 7.80. The van der Waals surface area contributed by atoms with E-state index in [0.717, 1.165) is 36.8 Å². The lowest BCUT2D eigenvalue weighted by Gasteiger charge is -2.29. The Hall–Kier alpha value is -2.73. The highest BCUT2D eigenvalue weighted by Crippen LogP contribution is 2.28. The van der Waals surface area contributed by atoms with Gasteiger partial charge in [-0.15, -0.1) is 0 Å². The summed E-state index contributed by atoms with van der Waals surface area (Å²) in [5.41, 5.74) is 1.97. The van der Waals surface area contributed by atoms with E-state index >= 15 is 0 Å². The van der Waals surface area contributed by atoms with E-state index in [2.05, 4.69) is 5.32 Å². The van der Waals surface area contributed by atoms with Crippen molar-refractivity contribution in [1.82, 2.24) is 10.2 Å². The number of para-hydroxylation sites is 1. The van der Waals surface area contributed by atoms with Crippen LogP contribution in [0.2, 0.25) is 0 Å². The molecule has 0 bridgehead atoms. The first-order valence-electron chi connectivity index (χ1n) is 9.94. The maximum atomic E-state index is 13.4. The summed E-state index contributed by atoms with van der Waals surface area (Å²) in [6, 6.07) is 14.0. The van der Waals surface area contributed by atoms with Crippen LogP contribution >= 0.6 is 12.2 Å². The van der Waals surface area contributed by atoms with Gasteiger partial charge >= 0.3 is 0 Å². The molecule has 2 aromatic rings. The van der Waals surface area contributed by atoms with Crippen molar-refractivity contribution < 1.29 is 13.9 Å². The number of nitrogens with one attached hydrogen (secondary N) is 1. The van der Waals surface area contributed by atoms with Gasteiger partial charge in [-0.05, 0) is 54.9 Å². The monoisotopic (exact) mass is 410 g/mol. The van der Waals surface area contributed by atoms with Gasteiger partial charge in [0.2, 0.25) is 0 Å². The van der Waals surface area contributed by atoms with E-state index in [0.29, 0.717) is 16.6 Å². The lowest BCUT2D eigenvalue weighted by Crippen LogP contribution is -2.41. The Morgan fingerprint density at radius 1 is 1.14 bits per heavy atom. The largest absolute Gasteiger partial charge is 0.488 e. The van der Waals surface area contributed by atoms with E-state index in [4.69, 9.17) is 17.0 Å². The quantitative estimate of drug-likeness (QED) is 0.568. The molecule has 1 N–H and O–H groups in total. The van der Waals surface area contributed by atoms with Crippen LogP contribution in [-0.4, -0.2) is 22.0 Å². The molecule has 1 amide bonds. The topological polar surface area (TPSA) is 41.6 Å². The third kappa shape index (κ3) is 4.48. The molecule has 2 aliphatic rings. The van der Waals surface area contributed by atoms with Crippen molar-refractivity contribution in [3.63, 3.8) is 0 Å². The van der Waals surface area contributed by atoms with E-state index in [1.165, 1.54) is 18.6 Å². The number of rotatable bonds is 5. The fraction of sp³-hybridized carbons (Fsp3) is 0.304. The van der Waals surface area contributed by atoms with Crippen LogP contribution in [0.3, 0.4) is 0 Å². The van der Waals surface area contributed by atoms with Crippen molar-refractivity contribution in [3.8, 4) is 5.75 Å². The molecule has 4 nitrogen and oxygen atoms in total. The molecule has 29 heavy (non-hydrogen) atoms. The predicted octanol–water partition coefficient (Wildman–Crippen LogP) is 4.80. The molecule has 6 heteroatoms. The Balaban J connectivity index is 1.52. The Morgan fingerprint density at radius 3 is 2.72 bits per heavy atom. The van der Waals surface area contributed by atoms with Crippen molar-refractivity contribution in [3.05, 3.63) is 71.2 Å². The van der Waals surface area contributed by atoms with Gasteiger partial charge in [0, 0.05) is 11.6 Å². The first-order chi connectivity index (χ1) is 14.1. The number of nitrogens with zero attached hydrogens (tertiary/aromatic N) is 1. The summed E-state index contributed by atoms with van der Waals surface area (Å²) in [7, 11) is 0. The van der Waals surface area contributed by atoms with Crippen LogP contribution in [0, 0.1) is 5.82 Å². The second-order valence-electron chi connectivity index (χ2n) is 7.41. The molecule has 0 unspecified atom stereocenters. The smallest absolute Gasteiger partial charge is 0.276 e. The molecule has 1 saturated carbocycles. The number of carbonyl (C=O) groups excluding carboxylic acids is 1. The minimum Gasteiger partial charge on any atom is -0.488 e. The van der Waals surface area contributed by atoms with E-state index in [9.17, 15) is 9.18 Å². The number of carbonyl (C=O) groups is 1. The molecule has 0 atom stereocenters. The number of ether oxygens (including phenoxy) is 1. The summed E-state index contributed by atoms with van der Waals surface area (Å²) in [4.78, 5) is 14.7. The van der Waals surface area contributed by atoms with Crippen LogP contribution < -0.4 is 10.1 Å². The Kier molecular flexibility index (Phi) is 5.90. The van der Waals surface area contributed by atoms with Crippen LogP contribution in [0.5, 0.6) is 5.75 Å². The van der Waals surface area contributed by atoms with Gasteiger partial charge in [-0.25, -0.2) is 4.39 Å². The summed E-state index contributed by atoms with van der Waals surface area (Å²) >= 11 is 5.44. The second kappa shape index (κ2) is 8.74. The molecule has 1 aliphatic carbocycles. The van der Waals surface area contributed by atoms with Gasteiger partial charge in [0.25, 0.3) is 5.91 Å². The molecule has 4 rings (SSSR count). The molecule has 150 valence electrons. The zero-order valence-corrected chi connectivity index (χ0v) is 16.9. The fourth-order valence-corrected chi connectivity index (χ4v) is 4.24. The molecule has 0 aromatic heterocycles. The fourth-order valence-electron chi connectivity index (χ4n) is 3.89. The maximum Gasteiger partial charge on any atom is 0.276 e. The van der Waals surface area contributed by atoms with Gasteiger partial charge in [-0.2, -0.15) is 0 Å². The molecule has 1 heterocycles. The number of amides is 1. The number of hydrogen-bond acceptors (Lipinski definition) is 3. The Labute approximate surface area is 175 Å². The highest BCUT2D eigenvalue weighted by atomic mass is 32.1. The van der Waals surface area contributed by atoms with Gasteiger partial charge in [0.05, 0.1) is 0 Å². The third-order valence-corrected chi connectivity index (χ3v) is 5.65. The van der Waals surface area contributed by atoms with Crippen molar-refractivity contribution in [1.29, 1.82) is 0 Å². The number of benzene rings is 2. The Bertz CT molecular complexity index is 953. The zero-order chi connectivity index (χ0) is 20.2. The van der Waals surface area contributed by atoms with Crippen LogP contribution in [0.15, 0.2) is 54.2 Å². The lowest BCUT2D eigenvalue weighted by atomic mass is 9.94. The SMILES string of the molecule is O=C1C(=Cc2ccccc2OCc2cccc(F)c2)NC(=S)N1C1CCCCC1. The molecule has 0 radical (unpaired) electrons. The third-order valence-electron chi connectivity index (χ3n) is 5.35. The van der Waals surface area contributed by atoms with Crippen LogP contribution in [0.1, 0.15) is 43.2 Å².